The number of ether oxygens (including phenoxy) is 3. The molecule has 2 aromatic carbocycles. The van der Waals surface area contributed by atoms with Gasteiger partial charge in [-0.2, -0.15) is 0 Å². The number of hydrogen-bond donors (Lipinski definition) is 2. The van der Waals surface area contributed by atoms with Crippen LogP contribution in [0, 0.1) is 0 Å². The molecule has 3 amide bonds. The Bertz CT molecular complexity index is 1040. The lowest BCUT2D eigenvalue weighted by Gasteiger charge is -2.28. The maximum atomic E-state index is 12.5. The predicted octanol–water partition coefficient (Wildman–Crippen LogP) is 2.15. The quantitative estimate of drug-likeness (QED) is 0.489. The summed E-state index contributed by atoms with van der Waals surface area (Å²) < 4.78 is 16.4. The standard InChI is InChI=1S/C26H34N4O6/c1-4-35-22-11-6-19(16-23(22)36-5-2)26(33)27-17-25(32)29(3)18-24(31)28-20-7-9-21(10-8-20)30-12-14-34-15-13-30/h6-11,16H,4-5,12-15,17-18H2,1-3H3,(H,27,33)(H,28,31). The van der Waals surface area contributed by atoms with Crippen LogP contribution in [-0.4, -0.2) is 82.3 Å². The van der Waals surface area contributed by atoms with E-state index in [0.29, 0.717) is 49.2 Å². The van der Waals surface area contributed by atoms with Crippen molar-refractivity contribution in [3.63, 3.8) is 0 Å². The molecular weight excluding hydrogens is 464 g/mol. The van der Waals surface area contributed by atoms with Crippen molar-refractivity contribution in [2.24, 2.45) is 0 Å². The van der Waals surface area contributed by atoms with Gasteiger partial charge in [-0.05, 0) is 56.3 Å². The van der Waals surface area contributed by atoms with E-state index < -0.39 is 11.8 Å². The van der Waals surface area contributed by atoms with Crippen LogP contribution in [0.4, 0.5) is 11.4 Å². The van der Waals surface area contributed by atoms with Crippen molar-refractivity contribution in [3.05, 3.63) is 48.0 Å². The minimum atomic E-state index is -0.425. The van der Waals surface area contributed by atoms with Crippen LogP contribution in [0.5, 0.6) is 11.5 Å². The highest BCUT2D eigenvalue weighted by molar-refractivity contribution is 5.98. The molecule has 0 aromatic heterocycles. The third kappa shape index (κ3) is 7.61. The minimum absolute atomic E-state index is 0.141. The molecule has 1 saturated heterocycles. The number of benzene rings is 2. The number of carbonyl (C=O) groups excluding carboxylic acids is 3. The maximum Gasteiger partial charge on any atom is 0.251 e. The summed E-state index contributed by atoms with van der Waals surface area (Å²) in [7, 11) is 1.51. The summed E-state index contributed by atoms with van der Waals surface area (Å²) in [5.74, 6) is -0.134. The highest BCUT2D eigenvalue weighted by atomic mass is 16.5. The minimum Gasteiger partial charge on any atom is -0.490 e. The molecule has 36 heavy (non-hydrogen) atoms. The molecule has 0 saturated carbocycles. The lowest BCUT2D eigenvalue weighted by atomic mass is 10.2. The van der Waals surface area contributed by atoms with E-state index in [0.717, 1.165) is 18.8 Å². The number of nitrogens with zero attached hydrogens (tertiary/aromatic N) is 2. The molecule has 10 heteroatoms. The van der Waals surface area contributed by atoms with Gasteiger partial charge in [-0.15, -0.1) is 0 Å². The Morgan fingerprint density at radius 2 is 1.64 bits per heavy atom. The molecule has 10 nitrogen and oxygen atoms in total. The fraction of sp³-hybridized carbons (Fsp3) is 0.423. The number of nitrogens with one attached hydrogen (secondary N) is 2. The molecule has 1 aliphatic heterocycles. The first-order chi connectivity index (χ1) is 17.4. The molecular formula is C26H34N4O6. The van der Waals surface area contributed by atoms with E-state index in [1.807, 2.05) is 38.1 Å². The van der Waals surface area contributed by atoms with E-state index in [1.165, 1.54) is 11.9 Å². The van der Waals surface area contributed by atoms with Crippen molar-refractivity contribution in [1.29, 1.82) is 0 Å². The highest BCUT2D eigenvalue weighted by Crippen LogP contribution is 2.28. The average molecular weight is 499 g/mol. The van der Waals surface area contributed by atoms with Crippen LogP contribution in [0.2, 0.25) is 0 Å². The molecule has 0 spiro atoms. The van der Waals surface area contributed by atoms with Crippen LogP contribution in [0.25, 0.3) is 0 Å². The first-order valence-electron chi connectivity index (χ1n) is 12.1. The van der Waals surface area contributed by atoms with Crippen molar-refractivity contribution in [3.8, 4) is 11.5 Å². The van der Waals surface area contributed by atoms with Crippen LogP contribution < -0.4 is 25.0 Å². The molecule has 0 atom stereocenters. The molecule has 2 N–H and O–H groups in total. The Labute approximate surface area is 211 Å². The van der Waals surface area contributed by atoms with Crippen molar-refractivity contribution < 1.29 is 28.6 Å². The van der Waals surface area contributed by atoms with E-state index in [9.17, 15) is 14.4 Å². The van der Waals surface area contributed by atoms with Gasteiger partial charge in [-0.1, -0.05) is 0 Å². The topological polar surface area (TPSA) is 109 Å². The van der Waals surface area contributed by atoms with Crippen LogP contribution in [-0.2, 0) is 14.3 Å². The Morgan fingerprint density at radius 3 is 2.31 bits per heavy atom. The van der Waals surface area contributed by atoms with Gasteiger partial charge < -0.3 is 34.6 Å². The van der Waals surface area contributed by atoms with Gasteiger partial charge in [0, 0.05) is 37.1 Å². The first kappa shape index (κ1) is 26.8. The highest BCUT2D eigenvalue weighted by Gasteiger charge is 2.17. The summed E-state index contributed by atoms with van der Waals surface area (Å²) >= 11 is 0. The first-order valence-corrected chi connectivity index (χ1v) is 12.1. The number of morpholine rings is 1. The zero-order valence-corrected chi connectivity index (χ0v) is 21.0. The summed E-state index contributed by atoms with van der Waals surface area (Å²) in [6, 6.07) is 12.4. The van der Waals surface area contributed by atoms with E-state index >= 15 is 0 Å². The van der Waals surface area contributed by atoms with Gasteiger partial charge in [0.25, 0.3) is 5.91 Å². The molecule has 2 aromatic rings. The van der Waals surface area contributed by atoms with E-state index in [2.05, 4.69) is 15.5 Å². The Hall–Kier alpha value is -3.79. The number of anilines is 2. The monoisotopic (exact) mass is 498 g/mol. The van der Waals surface area contributed by atoms with Crippen LogP contribution in [0.15, 0.2) is 42.5 Å². The molecule has 0 unspecified atom stereocenters. The second kappa shape index (κ2) is 13.3. The van der Waals surface area contributed by atoms with Crippen molar-refractivity contribution in [2.45, 2.75) is 13.8 Å². The number of hydrogen-bond acceptors (Lipinski definition) is 7. The van der Waals surface area contributed by atoms with E-state index in [4.69, 9.17) is 14.2 Å². The van der Waals surface area contributed by atoms with E-state index in [-0.39, 0.29) is 19.0 Å². The van der Waals surface area contributed by atoms with Crippen LogP contribution in [0.3, 0.4) is 0 Å². The van der Waals surface area contributed by atoms with Gasteiger partial charge in [-0.25, -0.2) is 0 Å². The van der Waals surface area contributed by atoms with E-state index in [1.54, 1.807) is 18.2 Å². The molecule has 3 rings (SSSR count). The van der Waals surface area contributed by atoms with Gasteiger partial charge >= 0.3 is 0 Å². The van der Waals surface area contributed by atoms with Gasteiger partial charge in [0.1, 0.15) is 0 Å². The van der Waals surface area contributed by atoms with Crippen LogP contribution >= 0.6 is 0 Å². The van der Waals surface area contributed by atoms with Gasteiger partial charge in [0.2, 0.25) is 11.8 Å². The summed E-state index contributed by atoms with van der Waals surface area (Å²) in [5, 5.41) is 5.38. The third-order valence-corrected chi connectivity index (χ3v) is 5.54. The molecule has 0 bridgehead atoms. The summed E-state index contributed by atoms with van der Waals surface area (Å²) in [6.07, 6.45) is 0. The number of amides is 3. The fourth-order valence-electron chi connectivity index (χ4n) is 3.67. The number of rotatable bonds is 11. The van der Waals surface area contributed by atoms with Crippen molar-refractivity contribution >= 4 is 29.1 Å². The second-order valence-electron chi connectivity index (χ2n) is 8.15. The zero-order valence-electron chi connectivity index (χ0n) is 21.0. The molecule has 1 fully saturated rings. The maximum absolute atomic E-state index is 12.5. The Balaban J connectivity index is 1.46. The Kier molecular flexibility index (Phi) is 9.93. The number of likely N-dealkylation sites (N-methyl/N-ethyl adjacent to an activating group) is 1. The molecule has 0 aliphatic carbocycles. The summed E-state index contributed by atoms with van der Waals surface area (Å²) in [6.45, 7) is 7.29. The van der Waals surface area contributed by atoms with Crippen LogP contribution in [0.1, 0.15) is 24.2 Å². The fourth-order valence-corrected chi connectivity index (χ4v) is 3.67. The Morgan fingerprint density at radius 1 is 0.972 bits per heavy atom. The van der Waals surface area contributed by atoms with Gasteiger partial charge in [-0.3, -0.25) is 14.4 Å². The molecule has 1 aliphatic rings. The van der Waals surface area contributed by atoms with Crippen molar-refractivity contribution in [2.75, 3.05) is 69.9 Å². The SMILES string of the molecule is CCOc1ccc(C(=O)NCC(=O)N(C)CC(=O)Nc2ccc(N3CCOCC3)cc2)cc1OCC. The predicted molar refractivity (Wildman–Crippen MR) is 137 cm³/mol. The largest absolute Gasteiger partial charge is 0.490 e. The lowest BCUT2D eigenvalue weighted by Crippen LogP contribution is -2.41. The zero-order chi connectivity index (χ0) is 25.9. The van der Waals surface area contributed by atoms with Crippen molar-refractivity contribution in [1.82, 2.24) is 10.2 Å². The summed E-state index contributed by atoms with van der Waals surface area (Å²) in [4.78, 5) is 40.9. The average Bonchev–Trinajstić information content (AvgIpc) is 2.89. The smallest absolute Gasteiger partial charge is 0.251 e. The van der Waals surface area contributed by atoms with Gasteiger partial charge in [0.05, 0.1) is 39.5 Å². The third-order valence-electron chi connectivity index (χ3n) is 5.54. The normalized spacial score (nSPS) is 13.0. The second-order valence-corrected chi connectivity index (χ2v) is 8.15. The lowest BCUT2D eigenvalue weighted by molar-refractivity contribution is -0.132. The number of carbonyl (C=O) groups is 3. The molecule has 0 radical (unpaired) electrons. The molecule has 194 valence electrons. The molecule has 1 heterocycles. The van der Waals surface area contributed by atoms with Gasteiger partial charge in [0.15, 0.2) is 11.5 Å². The summed E-state index contributed by atoms with van der Waals surface area (Å²) in [5.41, 5.74) is 2.06.